The number of halogens is 2. The fraction of sp³-hybridized carbons (Fsp3) is 0. The fourth-order valence-corrected chi connectivity index (χ4v) is 5.71. The quantitative estimate of drug-likeness (QED) is 0.193. The van der Waals surface area contributed by atoms with Gasteiger partial charge in [0, 0.05) is 44.2 Å². The van der Waals surface area contributed by atoms with Crippen molar-refractivity contribution in [2.45, 2.75) is 0 Å². The van der Waals surface area contributed by atoms with Crippen molar-refractivity contribution in [1.82, 2.24) is 0 Å². The van der Waals surface area contributed by atoms with Gasteiger partial charge in [0.2, 0.25) is 0 Å². The van der Waals surface area contributed by atoms with Gasteiger partial charge in [-0.1, -0.05) is 83.9 Å². The van der Waals surface area contributed by atoms with Gasteiger partial charge in [0.05, 0.1) is 0 Å². The molecular weight excluding hydrogens is 555 g/mol. The molecule has 0 saturated heterocycles. The van der Waals surface area contributed by atoms with Gasteiger partial charge in [-0.25, -0.2) is 0 Å². The summed E-state index contributed by atoms with van der Waals surface area (Å²) in [5, 5.41) is 6.22. The lowest BCUT2D eigenvalue weighted by molar-refractivity contribution is 1.26. The topological polar surface area (TPSA) is 6.48 Å². The Hall–Kier alpha value is -4.76. The van der Waals surface area contributed by atoms with Gasteiger partial charge in [0.15, 0.2) is 0 Å². The van der Waals surface area contributed by atoms with E-state index < -0.39 is 0 Å². The lowest BCUT2D eigenvalue weighted by Gasteiger charge is -2.28. The van der Waals surface area contributed by atoms with E-state index in [2.05, 4.69) is 143 Å². The van der Waals surface area contributed by atoms with Gasteiger partial charge < -0.3 is 9.80 Å². The second-order valence-electron chi connectivity index (χ2n) is 10.2. The molecule has 0 aliphatic carbocycles. The molecule has 2 nitrogen and oxygen atoms in total. The first kappa shape index (κ1) is 26.2. The van der Waals surface area contributed by atoms with Gasteiger partial charge >= 0.3 is 0 Å². The standard InChI is InChI=1S/C38H26Cl2N2/c39-31-11-17-33(18-12-31)41(37-15-9-27-5-1-3-7-29(27)25-37)35-21-23-36(24-22-35)42(34-19-13-32(40)14-20-34)38-16-10-28-6-2-4-8-30(28)26-38/h1-26H. The van der Waals surface area contributed by atoms with E-state index in [1.165, 1.54) is 21.5 Å². The Labute approximate surface area is 255 Å². The molecule has 0 aliphatic heterocycles. The third-order valence-corrected chi connectivity index (χ3v) is 8.02. The average molecular weight is 582 g/mol. The molecule has 0 saturated carbocycles. The first-order chi connectivity index (χ1) is 20.6. The van der Waals surface area contributed by atoms with Crippen LogP contribution in [0.2, 0.25) is 10.0 Å². The van der Waals surface area contributed by atoms with E-state index in [0.717, 1.165) is 34.1 Å². The molecule has 7 rings (SSSR count). The summed E-state index contributed by atoms with van der Waals surface area (Å²) >= 11 is 12.5. The normalized spacial score (nSPS) is 11.1. The molecule has 0 spiro atoms. The van der Waals surface area contributed by atoms with E-state index in [0.29, 0.717) is 10.0 Å². The van der Waals surface area contributed by atoms with Crippen LogP contribution in [-0.2, 0) is 0 Å². The summed E-state index contributed by atoms with van der Waals surface area (Å²) in [4.78, 5) is 4.52. The maximum Gasteiger partial charge on any atom is 0.0468 e. The summed E-state index contributed by atoms with van der Waals surface area (Å²) in [6.07, 6.45) is 0. The van der Waals surface area contributed by atoms with Crippen LogP contribution in [0.3, 0.4) is 0 Å². The Morgan fingerprint density at radius 1 is 0.286 bits per heavy atom. The molecule has 7 aromatic rings. The highest BCUT2D eigenvalue weighted by molar-refractivity contribution is 6.31. The summed E-state index contributed by atoms with van der Waals surface area (Å²) in [5.41, 5.74) is 6.32. The summed E-state index contributed by atoms with van der Waals surface area (Å²) in [7, 11) is 0. The highest BCUT2D eigenvalue weighted by Crippen LogP contribution is 2.40. The van der Waals surface area contributed by atoms with Crippen LogP contribution in [0.4, 0.5) is 34.1 Å². The highest BCUT2D eigenvalue weighted by Gasteiger charge is 2.17. The van der Waals surface area contributed by atoms with E-state index in [-0.39, 0.29) is 0 Å². The third kappa shape index (κ3) is 5.19. The number of hydrogen-bond donors (Lipinski definition) is 0. The molecule has 0 heterocycles. The van der Waals surface area contributed by atoms with E-state index in [1.807, 2.05) is 24.3 Å². The van der Waals surface area contributed by atoms with Gasteiger partial charge in [-0.05, 0) is 119 Å². The molecular formula is C38H26Cl2N2. The van der Waals surface area contributed by atoms with Crippen LogP contribution in [0.5, 0.6) is 0 Å². The molecule has 0 amide bonds. The lowest BCUT2D eigenvalue weighted by Crippen LogP contribution is -2.12. The van der Waals surface area contributed by atoms with Gasteiger partial charge in [-0.3, -0.25) is 0 Å². The number of fused-ring (bicyclic) bond motifs is 2. The van der Waals surface area contributed by atoms with Crippen molar-refractivity contribution in [1.29, 1.82) is 0 Å². The van der Waals surface area contributed by atoms with Crippen molar-refractivity contribution in [2.24, 2.45) is 0 Å². The first-order valence-electron chi connectivity index (χ1n) is 13.8. The van der Waals surface area contributed by atoms with Crippen molar-refractivity contribution in [2.75, 3.05) is 9.80 Å². The van der Waals surface area contributed by atoms with Crippen molar-refractivity contribution >= 4 is 78.9 Å². The molecule has 0 radical (unpaired) electrons. The smallest absolute Gasteiger partial charge is 0.0468 e. The van der Waals surface area contributed by atoms with Crippen LogP contribution in [0.15, 0.2) is 158 Å². The fourth-order valence-electron chi connectivity index (χ4n) is 5.46. The molecule has 4 heteroatoms. The number of rotatable bonds is 6. The molecule has 0 fully saturated rings. The summed E-state index contributed by atoms with van der Waals surface area (Å²) in [6, 6.07) is 54.6. The monoisotopic (exact) mass is 580 g/mol. The number of benzene rings is 7. The largest absolute Gasteiger partial charge is 0.310 e. The molecule has 0 atom stereocenters. The van der Waals surface area contributed by atoms with Crippen LogP contribution in [0.25, 0.3) is 21.5 Å². The molecule has 0 N–H and O–H groups in total. The molecule has 0 aliphatic rings. The lowest BCUT2D eigenvalue weighted by atomic mass is 10.1. The number of hydrogen-bond acceptors (Lipinski definition) is 2. The van der Waals surface area contributed by atoms with E-state index in [4.69, 9.17) is 23.2 Å². The zero-order valence-corrected chi connectivity index (χ0v) is 24.2. The van der Waals surface area contributed by atoms with Crippen molar-refractivity contribution < 1.29 is 0 Å². The first-order valence-corrected chi connectivity index (χ1v) is 14.6. The second kappa shape index (κ2) is 11.3. The van der Waals surface area contributed by atoms with Crippen LogP contribution < -0.4 is 9.80 Å². The van der Waals surface area contributed by atoms with Gasteiger partial charge in [0.1, 0.15) is 0 Å². The maximum absolute atomic E-state index is 6.27. The van der Waals surface area contributed by atoms with E-state index in [9.17, 15) is 0 Å². The predicted octanol–water partition coefficient (Wildman–Crippen LogP) is 12.2. The molecule has 0 bridgehead atoms. The average Bonchev–Trinajstić information content (AvgIpc) is 3.04. The second-order valence-corrected chi connectivity index (χ2v) is 11.1. The van der Waals surface area contributed by atoms with Gasteiger partial charge in [-0.2, -0.15) is 0 Å². The SMILES string of the molecule is Clc1ccc(N(c2ccc(N(c3ccc(Cl)cc3)c3ccc4ccccc4c3)cc2)c2ccc3ccccc3c2)cc1. The summed E-state index contributed by atoms with van der Waals surface area (Å²) < 4.78 is 0. The maximum atomic E-state index is 6.27. The molecule has 202 valence electrons. The van der Waals surface area contributed by atoms with Crippen LogP contribution >= 0.6 is 23.2 Å². The van der Waals surface area contributed by atoms with Crippen LogP contribution in [0, 0.1) is 0 Å². The van der Waals surface area contributed by atoms with Crippen molar-refractivity contribution in [3.05, 3.63) is 168 Å². The van der Waals surface area contributed by atoms with Crippen molar-refractivity contribution in [3.8, 4) is 0 Å². The van der Waals surface area contributed by atoms with E-state index >= 15 is 0 Å². The van der Waals surface area contributed by atoms with E-state index in [1.54, 1.807) is 0 Å². The molecule has 0 aromatic heterocycles. The summed E-state index contributed by atoms with van der Waals surface area (Å²) in [6.45, 7) is 0. The van der Waals surface area contributed by atoms with Crippen LogP contribution in [0.1, 0.15) is 0 Å². The van der Waals surface area contributed by atoms with Gasteiger partial charge in [0.25, 0.3) is 0 Å². The Morgan fingerprint density at radius 2 is 0.571 bits per heavy atom. The molecule has 0 unspecified atom stereocenters. The molecule has 42 heavy (non-hydrogen) atoms. The third-order valence-electron chi connectivity index (χ3n) is 7.52. The minimum atomic E-state index is 0.710. The van der Waals surface area contributed by atoms with Crippen molar-refractivity contribution in [3.63, 3.8) is 0 Å². The summed E-state index contributed by atoms with van der Waals surface area (Å²) in [5.74, 6) is 0. The predicted molar refractivity (Wildman–Crippen MR) is 181 cm³/mol. The number of anilines is 6. The van der Waals surface area contributed by atoms with Gasteiger partial charge in [-0.15, -0.1) is 0 Å². The Bertz CT molecular complexity index is 1850. The Balaban J connectivity index is 1.33. The molecule has 7 aromatic carbocycles. The highest BCUT2D eigenvalue weighted by atomic mass is 35.5. The minimum Gasteiger partial charge on any atom is -0.310 e. The Morgan fingerprint density at radius 3 is 0.929 bits per heavy atom. The zero-order valence-electron chi connectivity index (χ0n) is 22.7. The zero-order chi connectivity index (χ0) is 28.5. The minimum absolute atomic E-state index is 0.710. The van der Waals surface area contributed by atoms with Crippen LogP contribution in [-0.4, -0.2) is 0 Å². The number of nitrogens with zero attached hydrogens (tertiary/aromatic N) is 2. The Kier molecular flexibility index (Phi) is 7.01.